The second-order valence-electron chi connectivity index (χ2n) is 4.87. The lowest BCUT2D eigenvalue weighted by atomic mass is 10.3. The number of thiazole rings is 1. The molecular formula is C15H19N3O3S. The van der Waals surface area contributed by atoms with E-state index in [9.17, 15) is 9.59 Å². The number of imidazole rings is 1. The molecule has 0 aliphatic heterocycles. The van der Waals surface area contributed by atoms with Gasteiger partial charge in [0, 0.05) is 24.9 Å². The van der Waals surface area contributed by atoms with E-state index in [2.05, 4.69) is 4.98 Å². The average molecular weight is 321 g/mol. The van der Waals surface area contributed by atoms with E-state index in [4.69, 9.17) is 5.11 Å². The zero-order valence-corrected chi connectivity index (χ0v) is 13.9. The van der Waals surface area contributed by atoms with Crippen LogP contribution in [0.25, 0.3) is 11.0 Å². The first-order valence-electron chi connectivity index (χ1n) is 7.09. The summed E-state index contributed by atoms with van der Waals surface area (Å²) in [6.45, 7) is 8.88. The first-order chi connectivity index (χ1) is 10.4. The maximum absolute atomic E-state index is 12.5. The lowest BCUT2D eigenvalue weighted by Gasteiger charge is -2.17. The van der Waals surface area contributed by atoms with Crippen LogP contribution in [0.5, 0.6) is 0 Å². The van der Waals surface area contributed by atoms with Gasteiger partial charge in [0.2, 0.25) is 0 Å². The summed E-state index contributed by atoms with van der Waals surface area (Å²) in [5.74, 6) is -1.02. The fourth-order valence-corrected chi connectivity index (χ4v) is 3.52. The number of carboxylic acids is 1. The first kappa shape index (κ1) is 16.2. The van der Waals surface area contributed by atoms with Crippen molar-refractivity contribution in [3.8, 4) is 0 Å². The Morgan fingerprint density at radius 2 is 1.95 bits per heavy atom. The van der Waals surface area contributed by atoms with Crippen molar-refractivity contribution in [3.63, 3.8) is 0 Å². The van der Waals surface area contributed by atoms with E-state index in [0.717, 1.165) is 17.5 Å². The number of aromatic nitrogens is 2. The lowest BCUT2D eigenvalue weighted by Crippen LogP contribution is -2.30. The standard InChI is InChI=1S/C15H19N3O3S/c1-5-17(6-2)14(21)13-10(4)18-11(7-8-12(19)20)9(3)16-15(18)22-13/h7-8H,5-6H2,1-4H3,(H,19,20)/b8-7+. The van der Waals surface area contributed by atoms with E-state index in [1.807, 2.05) is 32.1 Å². The van der Waals surface area contributed by atoms with Crippen LogP contribution in [-0.4, -0.2) is 44.4 Å². The highest BCUT2D eigenvalue weighted by Gasteiger charge is 2.22. The third kappa shape index (κ3) is 2.76. The molecule has 0 aromatic carbocycles. The number of nitrogens with zero attached hydrogens (tertiary/aromatic N) is 3. The van der Waals surface area contributed by atoms with Gasteiger partial charge in [-0.15, -0.1) is 0 Å². The van der Waals surface area contributed by atoms with E-state index >= 15 is 0 Å². The molecule has 0 aliphatic rings. The zero-order valence-electron chi connectivity index (χ0n) is 13.1. The van der Waals surface area contributed by atoms with Crippen LogP contribution in [-0.2, 0) is 4.79 Å². The van der Waals surface area contributed by atoms with Gasteiger partial charge in [-0.25, -0.2) is 9.78 Å². The van der Waals surface area contributed by atoms with Gasteiger partial charge in [0.05, 0.1) is 11.4 Å². The van der Waals surface area contributed by atoms with Gasteiger partial charge in [-0.3, -0.25) is 9.20 Å². The Morgan fingerprint density at radius 3 is 2.50 bits per heavy atom. The van der Waals surface area contributed by atoms with Crippen LogP contribution in [0.15, 0.2) is 6.08 Å². The number of carboxylic acid groups (broad SMARTS) is 1. The minimum Gasteiger partial charge on any atom is -0.478 e. The van der Waals surface area contributed by atoms with Crippen LogP contribution in [0.3, 0.4) is 0 Å². The molecule has 1 N–H and O–H groups in total. The molecule has 0 aliphatic carbocycles. The normalized spacial score (nSPS) is 11.5. The molecule has 2 rings (SSSR count). The summed E-state index contributed by atoms with van der Waals surface area (Å²) in [5, 5.41) is 8.80. The van der Waals surface area contributed by atoms with E-state index in [0.29, 0.717) is 28.6 Å². The van der Waals surface area contributed by atoms with E-state index in [1.165, 1.54) is 17.4 Å². The maximum Gasteiger partial charge on any atom is 0.328 e. The van der Waals surface area contributed by atoms with Crippen LogP contribution in [0.2, 0.25) is 0 Å². The predicted octanol–water partition coefficient (Wildman–Crippen LogP) is 2.59. The largest absolute Gasteiger partial charge is 0.478 e. The van der Waals surface area contributed by atoms with Crippen LogP contribution in [0, 0.1) is 13.8 Å². The summed E-state index contributed by atoms with van der Waals surface area (Å²) in [5.41, 5.74) is 2.24. The number of hydrogen-bond donors (Lipinski definition) is 1. The van der Waals surface area contributed by atoms with Crippen LogP contribution < -0.4 is 0 Å². The number of aliphatic carboxylic acids is 1. The van der Waals surface area contributed by atoms with Crippen molar-refractivity contribution in [2.24, 2.45) is 0 Å². The molecule has 0 unspecified atom stereocenters. The summed E-state index contributed by atoms with van der Waals surface area (Å²) in [7, 11) is 0. The first-order valence-corrected chi connectivity index (χ1v) is 7.91. The van der Waals surface area contributed by atoms with Crippen molar-refractivity contribution in [3.05, 3.63) is 28.0 Å². The van der Waals surface area contributed by atoms with Crippen molar-refractivity contribution in [1.82, 2.24) is 14.3 Å². The minimum atomic E-state index is -1.01. The minimum absolute atomic E-state index is 0.0104. The highest BCUT2D eigenvalue weighted by molar-refractivity contribution is 7.19. The second kappa shape index (κ2) is 6.31. The predicted molar refractivity (Wildman–Crippen MR) is 86.5 cm³/mol. The van der Waals surface area contributed by atoms with Crippen molar-refractivity contribution in [1.29, 1.82) is 0 Å². The van der Waals surface area contributed by atoms with Crippen LogP contribution in [0.4, 0.5) is 0 Å². The molecule has 0 radical (unpaired) electrons. The molecule has 2 aromatic heterocycles. The van der Waals surface area contributed by atoms with Gasteiger partial charge < -0.3 is 10.0 Å². The Hall–Kier alpha value is -2.15. The van der Waals surface area contributed by atoms with Gasteiger partial charge in [-0.05, 0) is 33.8 Å². The highest BCUT2D eigenvalue weighted by Crippen LogP contribution is 2.27. The number of fused-ring (bicyclic) bond motifs is 1. The Morgan fingerprint density at radius 1 is 1.32 bits per heavy atom. The van der Waals surface area contributed by atoms with Gasteiger partial charge in [0.25, 0.3) is 5.91 Å². The van der Waals surface area contributed by atoms with Gasteiger partial charge >= 0.3 is 5.97 Å². The van der Waals surface area contributed by atoms with Gasteiger partial charge in [-0.2, -0.15) is 0 Å². The summed E-state index contributed by atoms with van der Waals surface area (Å²) >= 11 is 1.34. The number of aryl methyl sites for hydroxylation is 2. The molecule has 0 spiro atoms. The Balaban J connectivity index is 2.56. The van der Waals surface area contributed by atoms with E-state index in [-0.39, 0.29) is 5.91 Å². The Kier molecular flexibility index (Phi) is 4.65. The smallest absolute Gasteiger partial charge is 0.328 e. The second-order valence-corrected chi connectivity index (χ2v) is 5.84. The van der Waals surface area contributed by atoms with E-state index in [1.54, 1.807) is 4.90 Å². The Bertz CT molecular complexity index is 754. The summed E-state index contributed by atoms with van der Waals surface area (Å²) in [4.78, 5) is 30.8. The van der Waals surface area contributed by atoms with Crippen molar-refractivity contribution >= 4 is 34.3 Å². The third-order valence-electron chi connectivity index (χ3n) is 3.55. The molecule has 22 heavy (non-hydrogen) atoms. The molecule has 0 saturated heterocycles. The average Bonchev–Trinajstić information content (AvgIpc) is 2.94. The molecule has 0 fully saturated rings. The van der Waals surface area contributed by atoms with Gasteiger partial charge in [-0.1, -0.05) is 11.3 Å². The van der Waals surface area contributed by atoms with Crippen molar-refractivity contribution < 1.29 is 14.7 Å². The molecule has 2 heterocycles. The van der Waals surface area contributed by atoms with Crippen molar-refractivity contribution in [2.75, 3.05) is 13.1 Å². The quantitative estimate of drug-likeness (QED) is 0.859. The van der Waals surface area contributed by atoms with Crippen LogP contribution >= 0.6 is 11.3 Å². The molecule has 0 saturated carbocycles. The molecular weight excluding hydrogens is 302 g/mol. The fraction of sp³-hybridized carbons (Fsp3) is 0.400. The highest BCUT2D eigenvalue weighted by atomic mass is 32.1. The number of amides is 1. The number of carbonyl (C=O) groups excluding carboxylic acids is 1. The summed E-state index contributed by atoms with van der Waals surface area (Å²) in [6.07, 6.45) is 2.60. The molecule has 0 bridgehead atoms. The summed E-state index contributed by atoms with van der Waals surface area (Å²) in [6, 6.07) is 0. The molecule has 1 amide bonds. The van der Waals surface area contributed by atoms with Crippen LogP contribution in [0.1, 0.15) is 40.6 Å². The number of hydrogen-bond acceptors (Lipinski definition) is 4. The van der Waals surface area contributed by atoms with Crippen molar-refractivity contribution in [2.45, 2.75) is 27.7 Å². The molecule has 7 heteroatoms. The van der Waals surface area contributed by atoms with Gasteiger partial charge in [0.15, 0.2) is 4.96 Å². The van der Waals surface area contributed by atoms with Gasteiger partial charge in [0.1, 0.15) is 4.88 Å². The molecule has 6 nitrogen and oxygen atoms in total. The van der Waals surface area contributed by atoms with E-state index < -0.39 is 5.97 Å². The topological polar surface area (TPSA) is 74.9 Å². The molecule has 2 aromatic rings. The number of carbonyl (C=O) groups is 2. The zero-order chi connectivity index (χ0) is 16.4. The maximum atomic E-state index is 12.5. The Labute approximate surface area is 132 Å². The lowest BCUT2D eigenvalue weighted by molar-refractivity contribution is -0.131. The number of rotatable bonds is 5. The summed E-state index contributed by atoms with van der Waals surface area (Å²) < 4.78 is 1.84. The molecule has 0 atom stereocenters. The fourth-order valence-electron chi connectivity index (χ4n) is 2.37. The SMILES string of the molecule is CCN(CC)C(=O)c1sc2nc(C)c(/C=C/C(=O)O)n2c1C. The third-order valence-corrected chi connectivity index (χ3v) is 4.68. The molecule has 118 valence electrons. The monoisotopic (exact) mass is 321 g/mol.